The van der Waals surface area contributed by atoms with Crippen molar-refractivity contribution >= 4 is 29.3 Å². The van der Waals surface area contributed by atoms with Crippen molar-refractivity contribution < 1.29 is 23.9 Å². The molecule has 2 aromatic carbocycles. The number of benzene rings is 2. The molecule has 3 rings (SSSR count). The molecule has 0 saturated heterocycles. The summed E-state index contributed by atoms with van der Waals surface area (Å²) >= 11 is 0. The summed E-state index contributed by atoms with van der Waals surface area (Å²) in [5.41, 5.74) is 1.00. The molecule has 0 N–H and O–H groups in total. The summed E-state index contributed by atoms with van der Waals surface area (Å²) in [7, 11) is 0. The van der Waals surface area contributed by atoms with Gasteiger partial charge >= 0.3 is 12.1 Å². The van der Waals surface area contributed by atoms with Crippen molar-refractivity contribution in [2.24, 2.45) is 0 Å². The molecule has 0 saturated carbocycles. The van der Waals surface area contributed by atoms with Gasteiger partial charge in [0.15, 0.2) is 6.29 Å². The van der Waals surface area contributed by atoms with Gasteiger partial charge in [-0.1, -0.05) is 36.4 Å². The second kappa shape index (κ2) is 7.68. The van der Waals surface area contributed by atoms with Crippen molar-refractivity contribution in [3.63, 3.8) is 0 Å². The van der Waals surface area contributed by atoms with Gasteiger partial charge in [-0.25, -0.2) is 9.59 Å². The highest BCUT2D eigenvalue weighted by Gasteiger charge is 2.23. The molecule has 1 heterocycles. The minimum atomic E-state index is -0.693. The Morgan fingerprint density at radius 3 is 2.39 bits per heavy atom. The van der Waals surface area contributed by atoms with E-state index in [0.717, 1.165) is 5.56 Å². The highest BCUT2D eigenvalue weighted by atomic mass is 16.6. The Kier molecular flexibility index (Phi) is 5.31. The maximum absolute atomic E-state index is 12.6. The molecule has 0 spiro atoms. The van der Waals surface area contributed by atoms with Gasteiger partial charge in [0.25, 0.3) is 0 Å². The second-order valence-electron chi connectivity index (χ2n) is 7.31. The predicted molar refractivity (Wildman–Crippen MR) is 105 cm³/mol. The molecular weight excluding hydrogens is 358 g/mol. The van der Waals surface area contributed by atoms with E-state index in [2.05, 4.69) is 0 Å². The van der Waals surface area contributed by atoms with Crippen LogP contribution >= 0.6 is 0 Å². The van der Waals surface area contributed by atoms with Gasteiger partial charge in [-0.3, -0.25) is 9.36 Å². The number of rotatable bonds is 4. The van der Waals surface area contributed by atoms with Gasteiger partial charge in [-0.15, -0.1) is 0 Å². The first-order valence-corrected chi connectivity index (χ1v) is 8.84. The number of nitrogens with zero attached hydrogens (tertiary/aromatic N) is 1. The van der Waals surface area contributed by atoms with Gasteiger partial charge in [0.1, 0.15) is 12.2 Å². The van der Waals surface area contributed by atoms with E-state index in [1.165, 1.54) is 10.8 Å². The third kappa shape index (κ3) is 4.11. The number of carbonyl (C=O) groups is 3. The lowest BCUT2D eigenvalue weighted by Crippen LogP contribution is -2.26. The number of esters is 1. The van der Waals surface area contributed by atoms with Crippen LogP contribution < -0.4 is 0 Å². The van der Waals surface area contributed by atoms with Crippen LogP contribution in [0.2, 0.25) is 0 Å². The minimum Gasteiger partial charge on any atom is -0.457 e. The summed E-state index contributed by atoms with van der Waals surface area (Å²) in [5.74, 6) is -0.570. The van der Waals surface area contributed by atoms with E-state index in [-0.39, 0.29) is 17.7 Å². The van der Waals surface area contributed by atoms with Crippen LogP contribution in [0, 0.1) is 0 Å². The summed E-state index contributed by atoms with van der Waals surface area (Å²) in [5, 5.41) is 0.362. The molecule has 144 valence electrons. The van der Waals surface area contributed by atoms with Crippen LogP contribution in [0.4, 0.5) is 4.79 Å². The molecule has 0 radical (unpaired) electrons. The summed E-state index contributed by atoms with van der Waals surface area (Å²) in [6.45, 7) is 5.37. The lowest BCUT2D eigenvalue weighted by molar-refractivity contribution is 0.0473. The lowest BCUT2D eigenvalue weighted by Gasteiger charge is -2.19. The Balaban J connectivity index is 1.96. The molecule has 0 amide bonds. The Bertz CT molecular complexity index is 1030. The van der Waals surface area contributed by atoms with Gasteiger partial charge in [0, 0.05) is 17.1 Å². The fraction of sp³-hybridized carbons (Fsp3) is 0.227. The molecule has 0 aliphatic heterocycles. The molecule has 1 aromatic heterocycles. The number of carbonyl (C=O) groups excluding carboxylic acids is 3. The number of aldehydes is 1. The molecule has 6 heteroatoms. The number of aromatic nitrogens is 1. The first kappa shape index (κ1) is 19.4. The minimum absolute atomic E-state index is 0.110. The summed E-state index contributed by atoms with van der Waals surface area (Å²) in [4.78, 5) is 36.7. The summed E-state index contributed by atoms with van der Waals surface area (Å²) < 4.78 is 12.0. The van der Waals surface area contributed by atoms with Crippen molar-refractivity contribution in [3.05, 3.63) is 71.4 Å². The van der Waals surface area contributed by atoms with E-state index in [0.29, 0.717) is 17.2 Å². The van der Waals surface area contributed by atoms with Gasteiger partial charge in [0.05, 0.1) is 11.1 Å². The largest absolute Gasteiger partial charge is 0.457 e. The maximum Gasteiger partial charge on any atom is 0.419 e. The fourth-order valence-corrected chi connectivity index (χ4v) is 2.84. The topological polar surface area (TPSA) is 74.6 Å². The lowest BCUT2D eigenvalue weighted by atomic mass is 10.1. The molecule has 0 bridgehead atoms. The van der Waals surface area contributed by atoms with Gasteiger partial charge in [-0.05, 0) is 38.5 Å². The van der Waals surface area contributed by atoms with Crippen molar-refractivity contribution in [3.8, 4) is 0 Å². The Labute approximate surface area is 162 Å². The molecule has 0 aliphatic rings. The van der Waals surface area contributed by atoms with Crippen LogP contribution in [0.25, 0.3) is 10.9 Å². The molecule has 0 unspecified atom stereocenters. The Morgan fingerprint density at radius 1 is 1.04 bits per heavy atom. The maximum atomic E-state index is 12.6. The van der Waals surface area contributed by atoms with E-state index in [4.69, 9.17) is 9.47 Å². The average molecular weight is 379 g/mol. The highest BCUT2D eigenvalue weighted by molar-refractivity contribution is 6.11. The Morgan fingerprint density at radius 2 is 1.75 bits per heavy atom. The van der Waals surface area contributed by atoms with Gasteiger partial charge < -0.3 is 9.47 Å². The van der Waals surface area contributed by atoms with Crippen LogP contribution in [0.5, 0.6) is 0 Å². The predicted octanol–water partition coefficient (Wildman–Crippen LogP) is 4.59. The van der Waals surface area contributed by atoms with Crippen molar-refractivity contribution in [2.75, 3.05) is 0 Å². The van der Waals surface area contributed by atoms with Crippen molar-refractivity contribution in [1.29, 1.82) is 0 Å². The van der Waals surface area contributed by atoms with Crippen molar-refractivity contribution in [2.45, 2.75) is 33.0 Å². The average Bonchev–Trinajstić information content (AvgIpc) is 3.04. The van der Waals surface area contributed by atoms with Crippen LogP contribution in [0.3, 0.4) is 0 Å². The van der Waals surface area contributed by atoms with Crippen LogP contribution in [-0.2, 0) is 16.1 Å². The zero-order chi connectivity index (χ0) is 20.3. The standard InChI is InChI=1S/C22H21NO5/c1-22(2,3)28-21(26)23-12-16(13-24)19-17(10-7-11-18(19)23)20(25)27-14-15-8-5-4-6-9-15/h4-13H,14H2,1-3H3. The third-order valence-corrected chi connectivity index (χ3v) is 4.01. The van der Waals surface area contributed by atoms with Crippen LogP contribution in [0.1, 0.15) is 47.1 Å². The number of hydrogen-bond donors (Lipinski definition) is 0. The molecule has 0 atom stereocenters. The molecule has 28 heavy (non-hydrogen) atoms. The summed E-state index contributed by atoms with van der Waals surface area (Å²) in [6, 6.07) is 14.2. The van der Waals surface area contributed by atoms with Crippen LogP contribution in [-0.4, -0.2) is 28.5 Å². The number of hydrogen-bond acceptors (Lipinski definition) is 5. The van der Waals surface area contributed by atoms with Gasteiger partial charge in [-0.2, -0.15) is 0 Å². The first-order chi connectivity index (χ1) is 13.3. The van der Waals surface area contributed by atoms with E-state index in [1.54, 1.807) is 39.0 Å². The number of fused-ring (bicyclic) bond motifs is 1. The summed E-state index contributed by atoms with van der Waals surface area (Å²) in [6.07, 6.45) is 1.36. The van der Waals surface area contributed by atoms with E-state index < -0.39 is 17.7 Å². The molecule has 6 nitrogen and oxygen atoms in total. The first-order valence-electron chi connectivity index (χ1n) is 8.84. The molecular formula is C22H21NO5. The molecule has 0 aliphatic carbocycles. The van der Waals surface area contributed by atoms with E-state index >= 15 is 0 Å². The van der Waals surface area contributed by atoms with E-state index in [1.807, 2.05) is 30.3 Å². The second-order valence-corrected chi connectivity index (χ2v) is 7.31. The fourth-order valence-electron chi connectivity index (χ4n) is 2.84. The smallest absolute Gasteiger partial charge is 0.419 e. The SMILES string of the molecule is CC(C)(C)OC(=O)n1cc(C=O)c2c(C(=O)OCc3ccccc3)cccc21. The third-order valence-electron chi connectivity index (χ3n) is 4.01. The normalized spacial score (nSPS) is 11.2. The molecule has 0 fully saturated rings. The van der Waals surface area contributed by atoms with Crippen molar-refractivity contribution in [1.82, 2.24) is 4.57 Å². The zero-order valence-electron chi connectivity index (χ0n) is 16.0. The van der Waals surface area contributed by atoms with E-state index in [9.17, 15) is 14.4 Å². The zero-order valence-corrected chi connectivity index (χ0v) is 16.0. The highest BCUT2D eigenvalue weighted by Crippen LogP contribution is 2.26. The van der Waals surface area contributed by atoms with Gasteiger partial charge in [0.2, 0.25) is 0 Å². The van der Waals surface area contributed by atoms with Crippen LogP contribution in [0.15, 0.2) is 54.7 Å². The quantitative estimate of drug-likeness (QED) is 0.489. The Hall–Kier alpha value is -3.41. The number of ether oxygens (including phenoxy) is 2. The monoisotopic (exact) mass is 379 g/mol. The molecule has 3 aromatic rings.